The zero-order valence-corrected chi connectivity index (χ0v) is 10.4. The minimum absolute atomic E-state index is 0.203. The Hall–Kier alpha value is -1.17. The fraction of sp³-hybridized carbons (Fsp3) is 0.778. The number of rotatable bonds is 4. The molecule has 0 radical (unpaired) electrons. The third-order valence-electron chi connectivity index (χ3n) is 1.25. The topological polar surface area (TPSA) is 76.7 Å². The number of alkyl halides is 1. The molecule has 0 saturated carbocycles. The molecule has 2 N–H and O–H groups in total. The van der Waals surface area contributed by atoms with Crippen molar-refractivity contribution < 1.29 is 19.1 Å². The Bertz CT molecular complexity index is 240. The molecule has 6 nitrogen and oxygen atoms in total. The van der Waals surface area contributed by atoms with Crippen molar-refractivity contribution >= 4 is 23.8 Å². The molecule has 0 fully saturated rings. The van der Waals surface area contributed by atoms with Crippen molar-refractivity contribution in [2.24, 2.45) is 0 Å². The quantitative estimate of drug-likeness (QED) is 0.586. The van der Waals surface area contributed by atoms with Crippen molar-refractivity contribution in [2.45, 2.75) is 26.4 Å². The molecule has 0 atom stereocenters. The average molecular weight is 253 g/mol. The number of carbonyl (C=O) groups is 2. The lowest BCUT2D eigenvalue weighted by Gasteiger charge is -2.19. The van der Waals surface area contributed by atoms with Gasteiger partial charge in [-0.1, -0.05) is 11.6 Å². The summed E-state index contributed by atoms with van der Waals surface area (Å²) in [5.41, 5.74) is -0.533. The average Bonchev–Trinajstić information content (AvgIpc) is 2.10. The van der Waals surface area contributed by atoms with Crippen LogP contribution in [-0.4, -0.2) is 36.9 Å². The van der Waals surface area contributed by atoms with Crippen LogP contribution in [0.2, 0.25) is 0 Å². The first-order chi connectivity index (χ1) is 7.35. The molecule has 0 aromatic heterocycles. The van der Waals surface area contributed by atoms with Crippen LogP contribution in [-0.2, 0) is 9.47 Å². The largest absolute Gasteiger partial charge is 0.444 e. The van der Waals surface area contributed by atoms with E-state index in [9.17, 15) is 9.59 Å². The molecular weight excluding hydrogens is 236 g/mol. The van der Waals surface area contributed by atoms with Crippen LogP contribution in [0.5, 0.6) is 0 Å². The number of halogens is 1. The maximum Gasteiger partial charge on any atom is 0.408 e. The molecule has 0 rings (SSSR count). The predicted octanol–water partition coefficient (Wildman–Crippen LogP) is 1.43. The van der Waals surface area contributed by atoms with Gasteiger partial charge in [-0.15, -0.1) is 0 Å². The van der Waals surface area contributed by atoms with E-state index in [0.29, 0.717) is 0 Å². The summed E-state index contributed by atoms with van der Waals surface area (Å²) in [5.74, 6) is 0. The van der Waals surface area contributed by atoms with Crippen LogP contribution in [0.3, 0.4) is 0 Å². The van der Waals surface area contributed by atoms with E-state index in [1.54, 1.807) is 20.8 Å². The Kier molecular flexibility index (Phi) is 6.64. The number of alkyl carbamates (subject to hydrolysis) is 2. The number of carbonyl (C=O) groups excluding carboxylic acids is 2. The van der Waals surface area contributed by atoms with Gasteiger partial charge in [0.1, 0.15) is 5.60 Å². The van der Waals surface area contributed by atoms with E-state index in [1.165, 1.54) is 0 Å². The molecule has 0 aliphatic heterocycles. The summed E-state index contributed by atoms with van der Waals surface area (Å²) in [6.07, 6.45) is -1.15. The maximum absolute atomic E-state index is 11.1. The normalized spacial score (nSPS) is 10.5. The molecule has 0 bridgehead atoms. The van der Waals surface area contributed by atoms with Crippen LogP contribution in [0.1, 0.15) is 20.8 Å². The minimum Gasteiger partial charge on any atom is -0.444 e. The molecule has 0 spiro atoms. The smallest absolute Gasteiger partial charge is 0.408 e. The number of ether oxygens (including phenoxy) is 2. The van der Waals surface area contributed by atoms with Crippen molar-refractivity contribution in [1.82, 2.24) is 10.6 Å². The summed E-state index contributed by atoms with van der Waals surface area (Å²) in [5, 5.41) is 4.86. The Labute approximate surface area is 99.6 Å². The number of amides is 2. The van der Waals surface area contributed by atoms with E-state index in [1.807, 2.05) is 0 Å². The molecule has 94 valence electrons. The lowest BCUT2D eigenvalue weighted by molar-refractivity contribution is 0.0527. The van der Waals surface area contributed by atoms with Gasteiger partial charge in [0.15, 0.2) is 6.07 Å². The van der Waals surface area contributed by atoms with Crippen molar-refractivity contribution in [3.8, 4) is 0 Å². The van der Waals surface area contributed by atoms with E-state index in [2.05, 4.69) is 15.4 Å². The first kappa shape index (κ1) is 14.8. The zero-order chi connectivity index (χ0) is 12.6. The van der Waals surface area contributed by atoms with E-state index in [-0.39, 0.29) is 19.2 Å². The first-order valence-corrected chi connectivity index (χ1v) is 5.32. The highest BCUT2D eigenvalue weighted by Gasteiger charge is 2.15. The Morgan fingerprint density at radius 3 is 2.06 bits per heavy atom. The molecule has 0 aromatic rings. The maximum atomic E-state index is 11.1. The zero-order valence-electron chi connectivity index (χ0n) is 9.63. The van der Waals surface area contributed by atoms with Gasteiger partial charge in [0.05, 0.1) is 0 Å². The van der Waals surface area contributed by atoms with Gasteiger partial charge in [-0.05, 0) is 20.8 Å². The third kappa shape index (κ3) is 9.39. The van der Waals surface area contributed by atoms with Crippen LogP contribution >= 0.6 is 11.6 Å². The van der Waals surface area contributed by atoms with Crippen molar-refractivity contribution in [2.75, 3.05) is 19.2 Å². The second-order valence-corrected chi connectivity index (χ2v) is 4.11. The van der Waals surface area contributed by atoms with E-state index < -0.39 is 17.8 Å². The SMILES string of the molecule is CC(C)(C)OC(=O)NCCNC(=O)OCCl. The van der Waals surface area contributed by atoms with Crippen LogP contribution in [0.15, 0.2) is 0 Å². The van der Waals surface area contributed by atoms with E-state index in [4.69, 9.17) is 16.3 Å². The number of hydrogen-bond acceptors (Lipinski definition) is 4. The third-order valence-corrected chi connectivity index (χ3v) is 1.36. The lowest BCUT2D eigenvalue weighted by atomic mass is 10.2. The van der Waals surface area contributed by atoms with Crippen molar-refractivity contribution in [1.29, 1.82) is 0 Å². The molecule has 0 heterocycles. The Balaban J connectivity index is 3.52. The molecule has 0 aliphatic carbocycles. The predicted molar refractivity (Wildman–Crippen MR) is 59.4 cm³/mol. The van der Waals surface area contributed by atoms with E-state index in [0.717, 1.165) is 0 Å². The molecule has 2 amide bonds. The second-order valence-electron chi connectivity index (χ2n) is 3.90. The van der Waals surface area contributed by atoms with Gasteiger partial charge < -0.3 is 20.1 Å². The molecule has 7 heteroatoms. The van der Waals surface area contributed by atoms with Gasteiger partial charge >= 0.3 is 12.2 Å². The number of hydrogen-bond donors (Lipinski definition) is 2. The molecule has 0 aliphatic rings. The van der Waals surface area contributed by atoms with Crippen LogP contribution in [0, 0.1) is 0 Å². The van der Waals surface area contributed by atoms with Crippen LogP contribution in [0.25, 0.3) is 0 Å². The molecule has 16 heavy (non-hydrogen) atoms. The summed E-state index contributed by atoms with van der Waals surface area (Å²) < 4.78 is 9.38. The molecule has 0 unspecified atom stereocenters. The van der Waals surface area contributed by atoms with Crippen molar-refractivity contribution in [3.05, 3.63) is 0 Å². The van der Waals surface area contributed by atoms with Gasteiger partial charge in [-0.2, -0.15) is 0 Å². The highest BCUT2D eigenvalue weighted by atomic mass is 35.5. The van der Waals surface area contributed by atoms with Crippen molar-refractivity contribution in [3.63, 3.8) is 0 Å². The first-order valence-electron chi connectivity index (χ1n) is 4.78. The second kappa shape index (κ2) is 7.16. The molecule has 0 aromatic carbocycles. The fourth-order valence-corrected chi connectivity index (χ4v) is 0.843. The Morgan fingerprint density at radius 2 is 1.62 bits per heavy atom. The van der Waals surface area contributed by atoms with Gasteiger partial charge in [-0.25, -0.2) is 9.59 Å². The minimum atomic E-state index is -0.624. The van der Waals surface area contributed by atoms with Crippen LogP contribution < -0.4 is 10.6 Å². The number of nitrogens with one attached hydrogen (secondary N) is 2. The monoisotopic (exact) mass is 252 g/mol. The summed E-state index contributed by atoms with van der Waals surface area (Å²) in [6.45, 7) is 5.80. The summed E-state index contributed by atoms with van der Waals surface area (Å²) >= 11 is 5.16. The molecular formula is C9H17ClN2O4. The molecule has 0 saturated heterocycles. The summed E-state index contributed by atoms with van der Waals surface area (Å²) in [4.78, 5) is 21.9. The summed E-state index contributed by atoms with van der Waals surface area (Å²) in [7, 11) is 0. The van der Waals surface area contributed by atoms with Crippen LogP contribution in [0.4, 0.5) is 9.59 Å². The fourth-order valence-electron chi connectivity index (χ4n) is 0.744. The van der Waals surface area contributed by atoms with E-state index >= 15 is 0 Å². The lowest BCUT2D eigenvalue weighted by Crippen LogP contribution is -2.37. The van der Waals surface area contributed by atoms with Gasteiger partial charge in [-0.3, -0.25) is 0 Å². The summed E-state index contributed by atoms with van der Waals surface area (Å²) in [6, 6.07) is -0.203. The van der Waals surface area contributed by atoms with Gasteiger partial charge in [0.2, 0.25) is 0 Å². The Morgan fingerprint density at radius 1 is 1.12 bits per heavy atom. The highest BCUT2D eigenvalue weighted by molar-refractivity contribution is 6.17. The van der Waals surface area contributed by atoms with Gasteiger partial charge in [0.25, 0.3) is 0 Å². The highest BCUT2D eigenvalue weighted by Crippen LogP contribution is 2.05. The standard InChI is InChI=1S/C9H17ClN2O4/c1-9(2,3)16-8(14)12-5-4-11-7(13)15-6-10/h4-6H2,1-3H3,(H,11,13)(H,12,14). The van der Waals surface area contributed by atoms with Gasteiger partial charge in [0, 0.05) is 13.1 Å².